The summed E-state index contributed by atoms with van der Waals surface area (Å²) in [5, 5.41) is 42.9. The topological polar surface area (TPSA) is 250 Å². The number of nitrogens with one attached hydrogen (secondary N) is 2. The zero-order chi connectivity index (χ0) is 35.4. The molecule has 0 saturated heterocycles. The molecule has 16 nitrogen and oxygen atoms in total. The summed E-state index contributed by atoms with van der Waals surface area (Å²) in [5.74, 6) is -3.67. The number of carbonyl (C=O) groups is 3. The number of rotatable bonds is 8. The number of carbonyl (C=O) groups excluding carboxylic acids is 3. The van der Waals surface area contributed by atoms with Crippen LogP contribution in [0.15, 0.2) is 69.7 Å². The van der Waals surface area contributed by atoms with E-state index in [1.165, 1.54) is 10.7 Å². The van der Waals surface area contributed by atoms with Crippen molar-refractivity contribution in [2.45, 2.75) is 31.1 Å². The summed E-state index contributed by atoms with van der Waals surface area (Å²) in [4.78, 5) is 42.3. The number of H-pyrrole nitrogens is 1. The molecule has 0 spiro atoms. The molecule has 1 amide bonds. The van der Waals surface area contributed by atoms with Gasteiger partial charge in [0.1, 0.15) is 10.1 Å². The van der Waals surface area contributed by atoms with Crippen molar-refractivity contribution in [3.05, 3.63) is 82.0 Å². The van der Waals surface area contributed by atoms with E-state index >= 15 is 0 Å². The summed E-state index contributed by atoms with van der Waals surface area (Å²) < 4.78 is 36.4. The van der Waals surface area contributed by atoms with Crippen molar-refractivity contribution in [3.63, 3.8) is 0 Å². The number of fused-ring (bicyclic) bond motifs is 2. The van der Waals surface area contributed by atoms with Crippen LogP contribution in [0, 0.1) is 0 Å². The van der Waals surface area contributed by atoms with E-state index in [-0.39, 0.29) is 104 Å². The molecule has 250 valence electrons. The number of anilines is 1. The smallest absolute Gasteiger partial charge is 0.744 e. The van der Waals surface area contributed by atoms with Crippen LogP contribution in [0.25, 0.3) is 27.3 Å². The predicted molar refractivity (Wildman–Crippen MR) is 171 cm³/mol. The Morgan fingerprint density at radius 3 is 2.06 bits per heavy atom. The standard InChI is InChI=1S/C30H23ClN8O8S2.3Na/c1-30(2,3)23-22(35-36-29-33-19-11-18(31)21(49(45,46)47)12-20(19)48-29)25-34-24(38-39(25)37-23)13-4-6-17(7-5-13)32-26(40)14-8-15(27(41)42)10-16(9-14)28(43)44;;;/h4-12H,1-3H3,(H,32,40)(H,34,38)(H,41,42)(H,43,44)(H,45,46,47);;;/q;3*+1/p-3. The van der Waals surface area contributed by atoms with Gasteiger partial charge in [0.05, 0.1) is 37.8 Å². The van der Waals surface area contributed by atoms with E-state index in [0.29, 0.717) is 44.3 Å². The number of hydrogen-bond donors (Lipinski definition) is 2. The first-order valence-corrected chi connectivity index (χ1v) is 16.5. The van der Waals surface area contributed by atoms with Crippen molar-refractivity contribution in [1.82, 2.24) is 24.8 Å². The van der Waals surface area contributed by atoms with Gasteiger partial charge in [0.2, 0.25) is 5.13 Å². The summed E-state index contributed by atoms with van der Waals surface area (Å²) in [6.07, 6.45) is 0. The number of azo groups is 1. The molecule has 0 fully saturated rings. The van der Waals surface area contributed by atoms with Crippen LogP contribution in [0.3, 0.4) is 0 Å². The van der Waals surface area contributed by atoms with E-state index in [0.717, 1.165) is 35.6 Å². The first kappa shape index (κ1) is 43.8. The van der Waals surface area contributed by atoms with Crippen LogP contribution < -0.4 is 104 Å². The number of aromatic carboxylic acids is 2. The normalized spacial score (nSPS) is 11.6. The molecule has 52 heavy (non-hydrogen) atoms. The monoisotopic (exact) mass is 788 g/mol. The maximum absolute atomic E-state index is 12.8. The van der Waals surface area contributed by atoms with Crippen molar-refractivity contribution in [2.24, 2.45) is 10.2 Å². The quantitative estimate of drug-likeness (QED) is 0.0837. The Labute approximate surface area is 370 Å². The first-order chi connectivity index (χ1) is 23.0. The van der Waals surface area contributed by atoms with Gasteiger partial charge in [0.15, 0.2) is 17.2 Å². The number of benzene rings is 3. The molecule has 22 heteroatoms. The predicted octanol–water partition coefficient (Wildman–Crippen LogP) is -5.40. The van der Waals surface area contributed by atoms with Crippen LogP contribution in [-0.2, 0) is 15.5 Å². The number of halogens is 1. The molecule has 6 aromatic rings. The van der Waals surface area contributed by atoms with Gasteiger partial charge in [-0.1, -0.05) is 43.7 Å². The number of nitrogens with zero attached hydrogens (tertiary/aromatic N) is 6. The minimum atomic E-state index is -4.80. The van der Waals surface area contributed by atoms with Gasteiger partial charge in [-0.2, -0.15) is 5.10 Å². The second kappa shape index (κ2) is 16.8. The van der Waals surface area contributed by atoms with Crippen LogP contribution in [0.2, 0.25) is 5.02 Å². The fourth-order valence-corrected chi connectivity index (χ4v) is 6.58. The molecule has 0 unspecified atom stereocenters. The van der Waals surface area contributed by atoms with E-state index in [2.05, 4.69) is 35.7 Å². The number of aromatic amines is 1. The largest absolute Gasteiger partial charge is 1.00 e. The molecule has 0 saturated carbocycles. The van der Waals surface area contributed by atoms with E-state index in [1.54, 1.807) is 24.3 Å². The van der Waals surface area contributed by atoms with E-state index in [4.69, 9.17) is 11.6 Å². The Bertz CT molecular complexity index is 2460. The fraction of sp³-hybridized carbons (Fsp3) is 0.133. The van der Waals surface area contributed by atoms with Crippen molar-refractivity contribution < 1.29 is 126 Å². The van der Waals surface area contributed by atoms with Gasteiger partial charge in [-0.3, -0.25) is 4.79 Å². The summed E-state index contributed by atoms with van der Waals surface area (Å²) in [6, 6.07) is 11.7. The SMILES string of the molecule is CC(C)(C)c1nn2nc(-c3ccc(NC(=O)c4cc(C(=O)[O-])cc(C(=O)[O-])c4)cc3)[nH]c2c1N=Nc1nc2cc(Cl)c(S(=O)(=O)[O-])cc2s1.[Na+].[Na+].[Na+]. The van der Waals surface area contributed by atoms with Gasteiger partial charge in [-0.05, 0) is 65.7 Å². The molecule has 3 heterocycles. The van der Waals surface area contributed by atoms with Crippen LogP contribution in [0.4, 0.5) is 16.5 Å². The van der Waals surface area contributed by atoms with Crippen LogP contribution in [0.5, 0.6) is 0 Å². The average molecular weight is 789 g/mol. The Morgan fingerprint density at radius 1 is 0.904 bits per heavy atom. The van der Waals surface area contributed by atoms with Gasteiger partial charge in [-0.15, -0.1) is 20.0 Å². The molecule has 0 radical (unpaired) electrons. The van der Waals surface area contributed by atoms with Gasteiger partial charge >= 0.3 is 88.7 Å². The number of aromatic nitrogens is 5. The minimum Gasteiger partial charge on any atom is -0.744 e. The second-order valence-electron chi connectivity index (χ2n) is 11.6. The fourth-order valence-electron chi connectivity index (χ4n) is 4.70. The molecule has 0 atom stereocenters. The zero-order valence-electron chi connectivity index (χ0n) is 28.3. The van der Waals surface area contributed by atoms with E-state index < -0.39 is 49.4 Å². The van der Waals surface area contributed by atoms with Gasteiger partial charge < -0.3 is 34.7 Å². The number of thiazole rings is 1. The minimum absolute atomic E-state index is 0. The number of carboxylic acids is 2. The average Bonchev–Trinajstić information content (AvgIpc) is 3.71. The molecule has 0 aliphatic carbocycles. The third-order valence-electron chi connectivity index (χ3n) is 7.00. The van der Waals surface area contributed by atoms with Crippen LogP contribution in [0.1, 0.15) is 57.5 Å². The van der Waals surface area contributed by atoms with Crippen molar-refractivity contribution >= 4 is 83.3 Å². The molecule has 6 rings (SSSR count). The maximum Gasteiger partial charge on any atom is 1.00 e. The molecule has 0 bridgehead atoms. The van der Waals surface area contributed by atoms with Gasteiger partial charge in [0, 0.05) is 22.2 Å². The van der Waals surface area contributed by atoms with Crippen LogP contribution in [-0.4, -0.2) is 55.6 Å². The van der Waals surface area contributed by atoms with Crippen LogP contribution >= 0.6 is 22.9 Å². The first-order valence-electron chi connectivity index (χ1n) is 13.9. The second-order valence-corrected chi connectivity index (χ2v) is 14.3. The third kappa shape index (κ3) is 9.38. The Hall–Kier alpha value is -2.56. The molecule has 2 N–H and O–H groups in total. The number of hydrogen-bond acceptors (Lipinski definition) is 14. The summed E-state index contributed by atoms with van der Waals surface area (Å²) in [6.45, 7) is 5.79. The number of carboxylic acid groups (broad SMARTS) is 2. The molecule has 0 aliphatic heterocycles. The van der Waals surface area contributed by atoms with Crippen molar-refractivity contribution in [2.75, 3.05) is 5.32 Å². The Balaban J connectivity index is 0.00000243. The third-order valence-corrected chi connectivity index (χ3v) is 9.21. The van der Waals surface area contributed by atoms with Crippen molar-refractivity contribution in [1.29, 1.82) is 0 Å². The molecular formula is C30H20ClN8Na3O8S2. The molecule has 0 aliphatic rings. The maximum atomic E-state index is 12.8. The van der Waals surface area contributed by atoms with Gasteiger partial charge in [0.25, 0.3) is 5.91 Å². The summed E-state index contributed by atoms with van der Waals surface area (Å²) in [7, 11) is -4.80. The zero-order valence-corrected chi connectivity index (χ0v) is 36.7. The number of amides is 1. The summed E-state index contributed by atoms with van der Waals surface area (Å²) in [5.41, 5.74) is 0.900. The molecular weight excluding hydrogens is 769 g/mol. The summed E-state index contributed by atoms with van der Waals surface area (Å²) >= 11 is 6.99. The molecule has 3 aromatic carbocycles. The molecule has 3 aromatic heterocycles. The van der Waals surface area contributed by atoms with E-state index in [9.17, 15) is 37.6 Å². The van der Waals surface area contributed by atoms with E-state index in [1.807, 2.05) is 20.8 Å². The van der Waals surface area contributed by atoms with Crippen molar-refractivity contribution in [3.8, 4) is 11.4 Å². The van der Waals surface area contributed by atoms with Gasteiger partial charge in [-0.25, -0.2) is 13.4 Å². The Kier molecular flexibility index (Phi) is 14.2. The Morgan fingerprint density at radius 2 is 1.50 bits per heavy atom.